The van der Waals surface area contributed by atoms with E-state index >= 15 is 0 Å². The molecule has 4 nitrogen and oxygen atoms in total. The van der Waals surface area contributed by atoms with Gasteiger partial charge >= 0.3 is 5.97 Å². The highest BCUT2D eigenvalue weighted by Gasteiger charge is 2.21. The van der Waals surface area contributed by atoms with E-state index in [-0.39, 0.29) is 12.0 Å². The summed E-state index contributed by atoms with van der Waals surface area (Å²) < 4.78 is 4.92. The van der Waals surface area contributed by atoms with Crippen molar-refractivity contribution < 1.29 is 19.1 Å². The number of cyclic esters (lactones) is 1. The molecular formula is C12H14O4. The van der Waals surface area contributed by atoms with E-state index in [9.17, 15) is 14.4 Å². The van der Waals surface area contributed by atoms with Gasteiger partial charge in [-0.3, -0.25) is 14.4 Å². The molecule has 1 rings (SSSR count). The van der Waals surface area contributed by atoms with Crippen LogP contribution in [0.25, 0.3) is 0 Å². The fraction of sp³-hybridized carbons (Fsp3) is 0.417. The van der Waals surface area contributed by atoms with Gasteiger partial charge in [-0.25, -0.2) is 0 Å². The lowest BCUT2D eigenvalue weighted by Crippen LogP contribution is -2.22. The van der Waals surface area contributed by atoms with Crippen LogP contribution in [0.5, 0.6) is 0 Å². The van der Waals surface area contributed by atoms with Crippen LogP contribution in [0.1, 0.15) is 20.3 Å². The van der Waals surface area contributed by atoms with Crippen molar-refractivity contribution in [2.24, 2.45) is 5.41 Å². The molecule has 1 heterocycles. The van der Waals surface area contributed by atoms with E-state index in [1.165, 1.54) is 6.08 Å². The molecule has 0 aromatic heterocycles. The second kappa shape index (κ2) is 4.88. The minimum atomic E-state index is -0.741. The van der Waals surface area contributed by atoms with Crippen LogP contribution < -0.4 is 0 Å². The van der Waals surface area contributed by atoms with Crippen LogP contribution >= 0.6 is 0 Å². The molecule has 0 N–H and O–H groups in total. The summed E-state index contributed by atoms with van der Waals surface area (Å²) in [6, 6.07) is 0. The lowest BCUT2D eigenvalue weighted by Gasteiger charge is -2.19. The minimum absolute atomic E-state index is 0.192. The van der Waals surface area contributed by atoms with E-state index in [0.717, 1.165) is 6.08 Å². The van der Waals surface area contributed by atoms with Gasteiger partial charge in [-0.1, -0.05) is 32.1 Å². The first-order chi connectivity index (χ1) is 7.41. The van der Waals surface area contributed by atoms with Crippen molar-refractivity contribution in [2.45, 2.75) is 20.3 Å². The fourth-order valence-electron chi connectivity index (χ4n) is 1.14. The third-order valence-corrected chi connectivity index (χ3v) is 2.09. The minimum Gasteiger partial charge on any atom is -0.464 e. The van der Waals surface area contributed by atoms with E-state index in [1.807, 2.05) is 19.9 Å². The van der Waals surface area contributed by atoms with E-state index in [2.05, 4.69) is 0 Å². The van der Waals surface area contributed by atoms with Crippen molar-refractivity contribution in [3.8, 4) is 0 Å². The lowest BCUT2D eigenvalue weighted by atomic mass is 9.94. The van der Waals surface area contributed by atoms with Crippen molar-refractivity contribution in [2.75, 3.05) is 6.61 Å². The SMILES string of the molecule is CC1(C)C=CC=CC(=O)C(=O)CC(=O)OC1. The number of hydrogen-bond donors (Lipinski definition) is 0. The number of ether oxygens (including phenoxy) is 1. The molecule has 1 aliphatic heterocycles. The zero-order valence-electron chi connectivity index (χ0n) is 9.36. The maximum atomic E-state index is 11.2. The molecule has 86 valence electrons. The lowest BCUT2D eigenvalue weighted by molar-refractivity contribution is -0.149. The highest BCUT2D eigenvalue weighted by atomic mass is 16.5. The van der Waals surface area contributed by atoms with Gasteiger partial charge in [0.25, 0.3) is 0 Å². The monoisotopic (exact) mass is 222 g/mol. The number of rotatable bonds is 0. The molecule has 0 aliphatic carbocycles. The Bertz CT molecular complexity index is 374. The van der Waals surface area contributed by atoms with Gasteiger partial charge in [0.05, 0.1) is 6.61 Å². The highest BCUT2D eigenvalue weighted by molar-refractivity contribution is 6.43. The molecule has 0 aromatic rings. The molecule has 16 heavy (non-hydrogen) atoms. The average molecular weight is 222 g/mol. The van der Waals surface area contributed by atoms with Crippen LogP contribution in [-0.4, -0.2) is 24.1 Å². The fourth-order valence-corrected chi connectivity index (χ4v) is 1.14. The summed E-state index contributed by atoms with van der Waals surface area (Å²) in [5.74, 6) is -2.08. The maximum absolute atomic E-state index is 11.2. The number of esters is 1. The Kier molecular flexibility index (Phi) is 3.77. The summed E-state index contributed by atoms with van der Waals surface area (Å²) >= 11 is 0. The van der Waals surface area contributed by atoms with Crippen LogP contribution in [0.4, 0.5) is 0 Å². The summed E-state index contributed by atoms with van der Waals surface area (Å²) in [7, 11) is 0. The van der Waals surface area contributed by atoms with Crippen molar-refractivity contribution in [3.63, 3.8) is 0 Å². The summed E-state index contributed by atoms with van der Waals surface area (Å²) in [4.78, 5) is 33.6. The standard InChI is InChI=1S/C12H14O4/c1-12(2)6-4-3-5-9(13)10(14)7-11(15)16-8-12/h3-6H,7-8H2,1-2H3. The molecule has 1 aliphatic rings. The van der Waals surface area contributed by atoms with Crippen LogP contribution in [0, 0.1) is 5.41 Å². The van der Waals surface area contributed by atoms with Crippen molar-refractivity contribution in [1.29, 1.82) is 0 Å². The van der Waals surface area contributed by atoms with Crippen LogP contribution in [0.15, 0.2) is 24.3 Å². The largest absolute Gasteiger partial charge is 0.464 e. The van der Waals surface area contributed by atoms with Crippen LogP contribution in [0.2, 0.25) is 0 Å². The zero-order valence-corrected chi connectivity index (χ0v) is 9.36. The topological polar surface area (TPSA) is 60.4 Å². The number of allylic oxidation sites excluding steroid dienone is 3. The van der Waals surface area contributed by atoms with Gasteiger partial charge in [-0.2, -0.15) is 0 Å². The molecule has 0 unspecified atom stereocenters. The molecule has 0 saturated carbocycles. The Morgan fingerprint density at radius 3 is 2.56 bits per heavy atom. The van der Waals surface area contributed by atoms with Gasteiger partial charge in [0.2, 0.25) is 11.6 Å². The summed E-state index contributed by atoms with van der Waals surface area (Å²) in [5.41, 5.74) is -0.309. The normalized spacial score (nSPS) is 21.5. The number of carbonyl (C=O) groups is 3. The molecule has 0 fully saturated rings. The Labute approximate surface area is 94.0 Å². The van der Waals surface area contributed by atoms with E-state index < -0.39 is 24.0 Å². The molecule has 0 atom stereocenters. The van der Waals surface area contributed by atoms with Gasteiger partial charge in [0, 0.05) is 5.41 Å². The number of Topliss-reactive ketones (excluding diaryl/α,β-unsaturated/α-hetero) is 1. The van der Waals surface area contributed by atoms with Gasteiger partial charge < -0.3 is 4.74 Å². The van der Waals surface area contributed by atoms with E-state index in [1.54, 1.807) is 6.08 Å². The Morgan fingerprint density at radius 2 is 1.88 bits per heavy atom. The zero-order chi connectivity index (χ0) is 12.2. The van der Waals surface area contributed by atoms with Gasteiger partial charge in [0.1, 0.15) is 6.42 Å². The summed E-state index contributed by atoms with van der Waals surface area (Å²) in [5, 5.41) is 0. The molecule has 0 saturated heterocycles. The first-order valence-corrected chi connectivity index (χ1v) is 4.99. The predicted molar refractivity (Wildman–Crippen MR) is 57.7 cm³/mol. The number of ketones is 2. The van der Waals surface area contributed by atoms with Gasteiger partial charge in [-0.05, 0) is 6.08 Å². The number of hydrogen-bond acceptors (Lipinski definition) is 4. The van der Waals surface area contributed by atoms with Crippen LogP contribution in [0.3, 0.4) is 0 Å². The second-order valence-electron chi connectivity index (χ2n) is 4.33. The van der Waals surface area contributed by atoms with Crippen molar-refractivity contribution in [3.05, 3.63) is 24.3 Å². The second-order valence-corrected chi connectivity index (χ2v) is 4.33. The molecule has 0 amide bonds. The maximum Gasteiger partial charge on any atom is 0.313 e. The molecule has 0 bridgehead atoms. The third kappa shape index (κ3) is 3.81. The predicted octanol–water partition coefficient (Wildman–Crippen LogP) is 1.21. The van der Waals surface area contributed by atoms with Crippen LogP contribution in [-0.2, 0) is 19.1 Å². The Hall–Kier alpha value is -1.71. The van der Waals surface area contributed by atoms with Gasteiger partial charge in [-0.15, -0.1) is 0 Å². The molecule has 0 spiro atoms. The molecule has 0 radical (unpaired) electrons. The van der Waals surface area contributed by atoms with Crippen molar-refractivity contribution in [1.82, 2.24) is 0 Å². The van der Waals surface area contributed by atoms with Crippen molar-refractivity contribution >= 4 is 17.5 Å². The van der Waals surface area contributed by atoms with E-state index in [0.29, 0.717) is 0 Å². The first-order valence-electron chi connectivity index (χ1n) is 4.99. The quantitative estimate of drug-likeness (QED) is 0.351. The average Bonchev–Trinajstić information content (AvgIpc) is 2.21. The summed E-state index contributed by atoms with van der Waals surface area (Å²) in [6.07, 6.45) is 5.66. The van der Waals surface area contributed by atoms with Gasteiger partial charge in [0.15, 0.2) is 0 Å². The summed E-state index contributed by atoms with van der Waals surface area (Å²) in [6.45, 7) is 3.98. The Balaban J connectivity index is 2.87. The number of carbonyl (C=O) groups excluding carboxylic acids is 3. The molecule has 0 aromatic carbocycles. The molecular weight excluding hydrogens is 208 g/mol. The smallest absolute Gasteiger partial charge is 0.313 e. The van der Waals surface area contributed by atoms with E-state index in [4.69, 9.17) is 4.74 Å². The Morgan fingerprint density at radius 1 is 1.19 bits per heavy atom. The molecule has 4 heteroatoms. The third-order valence-electron chi connectivity index (χ3n) is 2.09. The first kappa shape index (κ1) is 12.4. The highest BCUT2D eigenvalue weighted by Crippen LogP contribution is 2.18.